The smallest absolute Gasteiger partial charge is 0.270 e. The Bertz CT molecular complexity index is 478. The molecule has 1 aromatic carbocycles. The van der Waals surface area contributed by atoms with Crippen LogP contribution in [0.2, 0.25) is 5.02 Å². The van der Waals surface area contributed by atoms with Crippen molar-refractivity contribution in [2.24, 2.45) is 5.10 Å². The van der Waals surface area contributed by atoms with Crippen LogP contribution in [0.25, 0.3) is 0 Å². The molecule has 1 rings (SSSR count). The van der Waals surface area contributed by atoms with Crippen LogP contribution in [0.4, 0.5) is 5.69 Å². The molecule has 0 atom stereocenters. The van der Waals surface area contributed by atoms with Crippen molar-refractivity contribution < 1.29 is 4.92 Å². The standard InChI is InChI=1S/C9H9ClN4O2S/c1-11-9(17)13-12-5-6-4-7(14(15)16)2-3-8(6)10/h2-5H,1H3,(H2,11,13,17)/b12-5-. The molecule has 1 aromatic rings. The Kier molecular flexibility index (Phi) is 4.80. The highest BCUT2D eigenvalue weighted by Gasteiger charge is 2.07. The molecule has 6 nitrogen and oxygen atoms in total. The third kappa shape index (κ3) is 3.97. The third-order valence-corrected chi connectivity index (χ3v) is 2.43. The van der Waals surface area contributed by atoms with Gasteiger partial charge in [0.15, 0.2) is 5.11 Å². The molecule has 2 N–H and O–H groups in total. The van der Waals surface area contributed by atoms with Gasteiger partial charge in [0.1, 0.15) is 0 Å². The quantitative estimate of drug-likeness (QED) is 0.379. The number of benzene rings is 1. The Morgan fingerprint density at radius 3 is 2.94 bits per heavy atom. The maximum absolute atomic E-state index is 10.6. The minimum atomic E-state index is -0.501. The predicted octanol–water partition coefficient (Wildman–Crippen LogP) is 1.68. The van der Waals surface area contributed by atoms with Crippen molar-refractivity contribution >= 4 is 40.8 Å². The van der Waals surface area contributed by atoms with E-state index in [4.69, 9.17) is 23.8 Å². The molecule has 0 unspecified atom stereocenters. The van der Waals surface area contributed by atoms with Gasteiger partial charge in [-0.15, -0.1) is 0 Å². The van der Waals surface area contributed by atoms with E-state index in [1.165, 1.54) is 24.4 Å². The van der Waals surface area contributed by atoms with E-state index in [0.29, 0.717) is 15.7 Å². The Morgan fingerprint density at radius 1 is 1.65 bits per heavy atom. The topological polar surface area (TPSA) is 79.6 Å². The van der Waals surface area contributed by atoms with Crippen molar-refractivity contribution in [1.82, 2.24) is 10.7 Å². The van der Waals surface area contributed by atoms with Gasteiger partial charge in [0.2, 0.25) is 0 Å². The van der Waals surface area contributed by atoms with E-state index < -0.39 is 4.92 Å². The molecule has 0 fully saturated rings. The molecule has 0 bridgehead atoms. The Morgan fingerprint density at radius 2 is 2.35 bits per heavy atom. The van der Waals surface area contributed by atoms with Crippen molar-refractivity contribution in [3.63, 3.8) is 0 Å². The average Bonchev–Trinajstić information content (AvgIpc) is 2.30. The summed E-state index contributed by atoms with van der Waals surface area (Å²) >= 11 is 10.7. The van der Waals surface area contributed by atoms with Crippen LogP contribution in [0.1, 0.15) is 5.56 Å². The van der Waals surface area contributed by atoms with Crippen molar-refractivity contribution in [1.29, 1.82) is 0 Å². The van der Waals surface area contributed by atoms with Gasteiger partial charge in [0.25, 0.3) is 5.69 Å². The third-order valence-electron chi connectivity index (χ3n) is 1.79. The molecule has 0 aliphatic carbocycles. The minimum absolute atomic E-state index is 0.0490. The molecular formula is C9H9ClN4O2S. The molecule has 0 aromatic heterocycles. The summed E-state index contributed by atoms with van der Waals surface area (Å²) in [6.45, 7) is 0. The number of rotatable bonds is 3. The van der Waals surface area contributed by atoms with Crippen LogP contribution in [-0.4, -0.2) is 23.3 Å². The van der Waals surface area contributed by atoms with Crippen molar-refractivity contribution in [2.75, 3.05) is 7.05 Å². The fourth-order valence-corrected chi connectivity index (χ4v) is 1.18. The van der Waals surface area contributed by atoms with E-state index in [-0.39, 0.29) is 5.69 Å². The van der Waals surface area contributed by atoms with Gasteiger partial charge in [-0.3, -0.25) is 15.5 Å². The molecule has 0 spiro atoms. The van der Waals surface area contributed by atoms with Crippen LogP contribution in [0.3, 0.4) is 0 Å². The first kappa shape index (κ1) is 13.3. The van der Waals surface area contributed by atoms with Crippen LogP contribution in [0.5, 0.6) is 0 Å². The van der Waals surface area contributed by atoms with Crippen LogP contribution in [0.15, 0.2) is 23.3 Å². The number of non-ortho nitro benzene ring substituents is 1. The van der Waals surface area contributed by atoms with E-state index in [1.807, 2.05) is 0 Å². The lowest BCUT2D eigenvalue weighted by atomic mass is 10.2. The number of hydrogen-bond acceptors (Lipinski definition) is 4. The lowest BCUT2D eigenvalue weighted by Crippen LogP contribution is -2.28. The van der Waals surface area contributed by atoms with E-state index in [0.717, 1.165) is 0 Å². The number of nitro benzene ring substituents is 1. The monoisotopic (exact) mass is 272 g/mol. The molecule has 0 heterocycles. The molecule has 8 heteroatoms. The van der Waals surface area contributed by atoms with E-state index >= 15 is 0 Å². The summed E-state index contributed by atoms with van der Waals surface area (Å²) in [6.07, 6.45) is 1.36. The van der Waals surface area contributed by atoms with Gasteiger partial charge in [0, 0.05) is 29.8 Å². The predicted molar refractivity (Wildman–Crippen MR) is 70.5 cm³/mol. The summed E-state index contributed by atoms with van der Waals surface area (Å²) in [4.78, 5) is 10.1. The molecule has 0 aliphatic rings. The highest BCUT2D eigenvalue weighted by atomic mass is 35.5. The largest absolute Gasteiger partial charge is 0.364 e. The van der Waals surface area contributed by atoms with Crippen molar-refractivity contribution in [2.45, 2.75) is 0 Å². The summed E-state index contributed by atoms with van der Waals surface area (Å²) in [5.41, 5.74) is 2.91. The average molecular weight is 273 g/mol. The molecule has 0 saturated heterocycles. The van der Waals surface area contributed by atoms with Crippen molar-refractivity contribution in [3.8, 4) is 0 Å². The van der Waals surface area contributed by atoms with E-state index in [9.17, 15) is 10.1 Å². The highest BCUT2D eigenvalue weighted by Crippen LogP contribution is 2.20. The fraction of sp³-hybridized carbons (Fsp3) is 0.111. The zero-order valence-corrected chi connectivity index (χ0v) is 10.4. The highest BCUT2D eigenvalue weighted by molar-refractivity contribution is 7.80. The number of thiocarbonyl (C=S) groups is 1. The normalized spacial score (nSPS) is 10.2. The summed E-state index contributed by atoms with van der Waals surface area (Å²) < 4.78 is 0. The van der Waals surface area contributed by atoms with Gasteiger partial charge >= 0.3 is 0 Å². The summed E-state index contributed by atoms with van der Waals surface area (Å²) in [5, 5.41) is 17.7. The first-order chi connectivity index (χ1) is 8.04. The second kappa shape index (κ2) is 6.12. The Balaban J connectivity index is 2.86. The SMILES string of the molecule is CNC(=S)N/N=C\c1cc([N+](=O)[O-])ccc1Cl. The van der Waals surface area contributed by atoms with Crippen LogP contribution < -0.4 is 10.7 Å². The molecule has 0 radical (unpaired) electrons. The summed E-state index contributed by atoms with van der Waals surface area (Å²) in [7, 11) is 1.64. The van der Waals surface area contributed by atoms with E-state index in [1.54, 1.807) is 7.05 Å². The Hall–Kier alpha value is -1.73. The van der Waals surface area contributed by atoms with E-state index in [2.05, 4.69) is 15.8 Å². The van der Waals surface area contributed by atoms with Gasteiger partial charge in [-0.1, -0.05) is 11.6 Å². The van der Waals surface area contributed by atoms with Crippen LogP contribution in [0, 0.1) is 10.1 Å². The lowest BCUT2D eigenvalue weighted by Gasteiger charge is -2.00. The number of hydrogen-bond donors (Lipinski definition) is 2. The van der Waals surface area contributed by atoms with Crippen molar-refractivity contribution in [3.05, 3.63) is 38.9 Å². The van der Waals surface area contributed by atoms with Crippen LogP contribution in [-0.2, 0) is 0 Å². The maximum Gasteiger partial charge on any atom is 0.270 e. The second-order valence-electron chi connectivity index (χ2n) is 2.91. The molecule has 90 valence electrons. The summed E-state index contributed by atoms with van der Waals surface area (Å²) in [6, 6.07) is 4.10. The van der Waals surface area contributed by atoms with Gasteiger partial charge < -0.3 is 5.32 Å². The molecule has 0 amide bonds. The number of nitrogens with one attached hydrogen (secondary N) is 2. The number of halogens is 1. The van der Waals surface area contributed by atoms with Gasteiger partial charge in [0.05, 0.1) is 11.1 Å². The maximum atomic E-state index is 10.6. The minimum Gasteiger partial charge on any atom is -0.364 e. The zero-order chi connectivity index (χ0) is 12.8. The second-order valence-corrected chi connectivity index (χ2v) is 3.73. The zero-order valence-electron chi connectivity index (χ0n) is 8.81. The number of nitro groups is 1. The van der Waals surface area contributed by atoms with Gasteiger partial charge in [-0.2, -0.15) is 5.10 Å². The summed E-state index contributed by atoms with van der Waals surface area (Å²) in [5.74, 6) is 0. The first-order valence-corrected chi connectivity index (χ1v) is 5.28. The Labute approximate surface area is 108 Å². The van der Waals surface area contributed by atoms with Crippen LogP contribution >= 0.6 is 23.8 Å². The number of nitrogens with zero attached hydrogens (tertiary/aromatic N) is 2. The fourth-order valence-electron chi connectivity index (χ4n) is 0.960. The lowest BCUT2D eigenvalue weighted by molar-refractivity contribution is -0.384. The first-order valence-electron chi connectivity index (χ1n) is 4.49. The number of hydrazone groups is 1. The molecule has 0 aliphatic heterocycles. The van der Waals surface area contributed by atoms with Gasteiger partial charge in [-0.05, 0) is 18.3 Å². The molecular weight excluding hydrogens is 264 g/mol. The molecule has 0 saturated carbocycles. The molecule has 17 heavy (non-hydrogen) atoms. The van der Waals surface area contributed by atoms with Gasteiger partial charge in [-0.25, -0.2) is 0 Å².